The number of carbonyl (C=O) groups excluding carboxylic acids is 1. The SMILES string of the molecule is CC[Si](C)(C)O[C@H]1CC[C@@]2(C)[C@H](C1)C[C@H](O[Si](C)(C)CC)[C@@H]1[C@@H]2C[C@H](O[Si](C)(C)CC)[C@]2(C)[C@@H]([C@H](C)CCC(=O)OC)CC[C@@H]12. The fourth-order valence-electron chi connectivity index (χ4n) is 10.6. The van der Waals surface area contributed by atoms with Gasteiger partial charge in [0.15, 0.2) is 25.0 Å². The maximum Gasteiger partial charge on any atom is 0.305 e. The zero-order valence-corrected chi connectivity index (χ0v) is 34.7. The molecule has 0 N–H and O–H groups in total. The van der Waals surface area contributed by atoms with Gasteiger partial charge in [-0.2, -0.15) is 0 Å². The maximum absolute atomic E-state index is 12.2. The first-order valence-electron chi connectivity index (χ1n) is 19.0. The summed E-state index contributed by atoms with van der Waals surface area (Å²) < 4.78 is 27.0. The zero-order chi connectivity index (χ0) is 33.6. The van der Waals surface area contributed by atoms with E-state index >= 15 is 0 Å². The molecule has 8 heteroatoms. The van der Waals surface area contributed by atoms with Crippen molar-refractivity contribution < 1.29 is 22.8 Å². The van der Waals surface area contributed by atoms with E-state index in [2.05, 4.69) is 80.8 Å². The molecule has 0 aromatic carbocycles. The Hall–Kier alpha value is 0.000649. The van der Waals surface area contributed by atoms with E-state index in [0.29, 0.717) is 59.6 Å². The molecule has 0 amide bonds. The number of hydrogen-bond donors (Lipinski definition) is 0. The quantitative estimate of drug-likeness (QED) is 0.143. The van der Waals surface area contributed by atoms with Crippen molar-refractivity contribution in [2.75, 3.05) is 7.11 Å². The Morgan fingerprint density at radius 1 is 0.800 bits per heavy atom. The molecule has 0 aromatic heterocycles. The molecular weight excluding hydrogens is 609 g/mol. The molecule has 45 heavy (non-hydrogen) atoms. The van der Waals surface area contributed by atoms with Crippen molar-refractivity contribution in [1.29, 1.82) is 0 Å². The summed E-state index contributed by atoms with van der Waals surface area (Å²) in [5.41, 5.74) is 0.422. The van der Waals surface area contributed by atoms with Crippen molar-refractivity contribution in [2.24, 2.45) is 46.3 Å². The molecular formula is C37H72O5Si3. The lowest BCUT2D eigenvalue weighted by Crippen LogP contribution is -2.65. The topological polar surface area (TPSA) is 54.0 Å². The Labute approximate surface area is 281 Å². The lowest BCUT2D eigenvalue weighted by atomic mass is 9.43. The van der Waals surface area contributed by atoms with Gasteiger partial charge in [-0.05, 0) is 155 Å². The largest absolute Gasteiger partial charge is 0.469 e. The molecule has 4 aliphatic rings. The molecule has 4 aliphatic carbocycles. The number of esters is 1. The third-order valence-electron chi connectivity index (χ3n) is 14.4. The van der Waals surface area contributed by atoms with Crippen molar-refractivity contribution >= 4 is 30.9 Å². The van der Waals surface area contributed by atoms with Gasteiger partial charge >= 0.3 is 5.97 Å². The van der Waals surface area contributed by atoms with Crippen LogP contribution in [0.5, 0.6) is 0 Å². The summed E-state index contributed by atoms with van der Waals surface area (Å²) in [7, 11) is -3.69. The van der Waals surface area contributed by atoms with E-state index in [0.717, 1.165) is 12.5 Å². The smallest absolute Gasteiger partial charge is 0.305 e. The van der Waals surface area contributed by atoms with Gasteiger partial charge in [0.25, 0.3) is 0 Å². The highest BCUT2D eigenvalue weighted by molar-refractivity contribution is 6.71. The normalized spacial score (nSPS) is 39.5. The fraction of sp³-hybridized carbons (Fsp3) is 0.973. The third-order valence-corrected chi connectivity index (χ3v) is 22.4. The van der Waals surface area contributed by atoms with Crippen LogP contribution in [0.2, 0.25) is 57.4 Å². The summed E-state index contributed by atoms with van der Waals surface area (Å²) in [6, 6.07) is 3.51. The molecule has 11 atom stereocenters. The lowest BCUT2D eigenvalue weighted by Gasteiger charge is -2.66. The number of rotatable bonds is 13. The van der Waals surface area contributed by atoms with Gasteiger partial charge in [0, 0.05) is 18.6 Å². The molecule has 0 heterocycles. The highest BCUT2D eigenvalue weighted by Crippen LogP contribution is 2.70. The van der Waals surface area contributed by atoms with Crippen LogP contribution in [0.25, 0.3) is 0 Å². The van der Waals surface area contributed by atoms with Gasteiger partial charge in [-0.25, -0.2) is 0 Å². The van der Waals surface area contributed by atoms with E-state index in [1.54, 1.807) is 0 Å². The molecule has 0 aliphatic heterocycles. The number of carbonyl (C=O) groups is 1. The van der Waals surface area contributed by atoms with Gasteiger partial charge in [0.2, 0.25) is 0 Å². The van der Waals surface area contributed by atoms with Gasteiger partial charge < -0.3 is 18.0 Å². The minimum absolute atomic E-state index is 0.0754. The second-order valence-electron chi connectivity index (χ2n) is 18.2. The number of ether oxygens (including phenoxy) is 1. The summed E-state index contributed by atoms with van der Waals surface area (Å²) in [6.45, 7) is 29.3. The Morgan fingerprint density at radius 2 is 1.40 bits per heavy atom. The highest BCUT2D eigenvalue weighted by Gasteiger charge is 2.67. The monoisotopic (exact) mass is 680 g/mol. The summed E-state index contributed by atoms with van der Waals surface area (Å²) in [4.78, 5) is 12.2. The van der Waals surface area contributed by atoms with Gasteiger partial charge in [0.05, 0.1) is 13.2 Å². The average molecular weight is 681 g/mol. The van der Waals surface area contributed by atoms with Crippen LogP contribution in [0, 0.1) is 46.3 Å². The molecule has 0 unspecified atom stereocenters. The van der Waals surface area contributed by atoms with Crippen molar-refractivity contribution in [3.05, 3.63) is 0 Å². The van der Waals surface area contributed by atoms with Gasteiger partial charge in [-0.1, -0.05) is 41.5 Å². The Morgan fingerprint density at radius 3 is 2.00 bits per heavy atom. The Bertz CT molecular complexity index is 1020. The maximum atomic E-state index is 12.2. The van der Waals surface area contributed by atoms with Gasteiger partial charge in [-0.3, -0.25) is 4.79 Å². The second kappa shape index (κ2) is 14.1. The van der Waals surface area contributed by atoms with Crippen molar-refractivity contribution in [3.8, 4) is 0 Å². The van der Waals surface area contributed by atoms with E-state index in [-0.39, 0.29) is 17.5 Å². The van der Waals surface area contributed by atoms with Crippen LogP contribution in [-0.4, -0.2) is 56.3 Å². The van der Waals surface area contributed by atoms with E-state index < -0.39 is 25.0 Å². The van der Waals surface area contributed by atoms with E-state index in [4.69, 9.17) is 18.0 Å². The number of fused-ring (bicyclic) bond motifs is 5. The van der Waals surface area contributed by atoms with E-state index in [9.17, 15) is 4.79 Å². The molecule has 0 radical (unpaired) electrons. The van der Waals surface area contributed by atoms with Crippen LogP contribution in [-0.2, 0) is 22.8 Å². The first-order chi connectivity index (χ1) is 20.9. The molecule has 0 aromatic rings. The van der Waals surface area contributed by atoms with Gasteiger partial charge in [0.1, 0.15) is 0 Å². The minimum atomic E-state index is -1.82. The minimum Gasteiger partial charge on any atom is -0.469 e. The average Bonchev–Trinajstić information content (AvgIpc) is 3.34. The van der Waals surface area contributed by atoms with Crippen LogP contribution in [0.4, 0.5) is 0 Å². The highest BCUT2D eigenvalue weighted by atomic mass is 28.4. The van der Waals surface area contributed by atoms with Gasteiger partial charge in [-0.15, -0.1) is 0 Å². The van der Waals surface area contributed by atoms with Crippen LogP contribution >= 0.6 is 0 Å². The summed E-state index contributed by atoms with van der Waals surface area (Å²) in [5.74, 6) is 3.45. The Balaban J connectivity index is 1.74. The lowest BCUT2D eigenvalue weighted by molar-refractivity contribution is -0.199. The molecule has 4 fully saturated rings. The van der Waals surface area contributed by atoms with Crippen LogP contribution in [0.15, 0.2) is 0 Å². The Kier molecular flexibility index (Phi) is 11.8. The molecule has 0 saturated heterocycles. The van der Waals surface area contributed by atoms with Crippen LogP contribution < -0.4 is 0 Å². The van der Waals surface area contributed by atoms with Crippen molar-refractivity contribution in [2.45, 2.75) is 175 Å². The van der Waals surface area contributed by atoms with Crippen molar-refractivity contribution in [3.63, 3.8) is 0 Å². The van der Waals surface area contributed by atoms with Crippen LogP contribution in [0.1, 0.15) is 99.3 Å². The first-order valence-corrected chi connectivity index (χ1v) is 28.3. The standard InChI is InChI=1S/C37H72O5Si3/c1-14-43(8,9)40-28-21-22-36(5)27(23-28)24-32(41-44(10,11)15-2)35-30-19-18-29(26(4)17-20-34(38)39-7)37(30,6)33(25-31(35)36)42-45(12,13)16-3/h26-33,35H,14-25H2,1-13H3/t26-,27-,28+,29-,30+,31+,32+,33+,35+,36+,37-/m1/s1. The van der Waals surface area contributed by atoms with Crippen molar-refractivity contribution in [1.82, 2.24) is 0 Å². The molecule has 5 nitrogen and oxygen atoms in total. The third kappa shape index (κ3) is 7.76. The molecule has 0 spiro atoms. The summed E-state index contributed by atoms with van der Waals surface area (Å²) in [5, 5.41) is 0. The molecule has 4 saturated carbocycles. The zero-order valence-electron chi connectivity index (χ0n) is 31.7. The fourth-order valence-corrected chi connectivity index (χ4v) is 14.4. The number of methoxy groups -OCH3 is 1. The van der Waals surface area contributed by atoms with E-state index in [1.807, 2.05) is 0 Å². The molecule has 4 rings (SSSR count). The first kappa shape index (κ1) is 37.8. The molecule has 0 bridgehead atoms. The summed E-state index contributed by atoms with van der Waals surface area (Å²) in [6.07, 6.45) is 11.1. The predicted octanol–water partition coefficient (Wildman–Crippen LogP) is 10.3. The molecule has 262 valence electrons. The summed E-state index contributed by atoms with van der Waals surface area (Å²) >= 11 is 0. The second-order valence-corrected chi connectivity index (χ2v) is 31.6. The van der Waals surface area contributed by atoms with Crippen LogP contribution in [0.3, 0.4) is 0 Å². The predicted molar refractivity (Wildman–Crippen MR) is 195 cm³/mol. The van der Waals surface area contributed by atoms with E-state index in [1.165, 1.54) is 64.1 Å². The number of hydrogen-bond acceptors (Lipinski definition) is 5.